The highest BCUT2D eigenvalue weighted by Gasteiger charge is 2.18. The Kier molecular flexibility index (Phi) is 3.39. The highest BCUT2D eigenvalue weighted by atomic mass is 14.2. The van der Waals surface area contributed by atoms with Crippen molar-refractivity contribution in [1.29, 1.82) is 0 Å². The minimum absolute atomic E-state index is 0.994. The molecule has 3 rings (SSSR count). The number of allylic oxidation sites excluding steroid dienone is 5. The SMILES string of the molecule is C=C/C=C\C=C1/Cc2ccc(C)cc2-c2ccccc21. The maximum Gasteiger partial charge on any atom is -0.00134 e. The molecule has 1 aliphatic carbocycles. The number of benzene rings is 2. The van der Waals surface area contributed by atoms with Crippen LogP contribution in [0.1, 0.15) is 16.7 Å². The van der Waals surface area contributed by atoms with Crippen LogP contribution >= 0.6 is 0 Å². The fourth-order valence-electron chi connectivity index (χ4n) is 2.79. The number of rotatable bonds is 2. The van der Waals surface area contributed by atoms with Crippen LogP contribution in [0, 0.1) is 6.92 Å². The van der Waals surface area contributed by atoms with Crippen LogP contribution in [-0.4, -0.2) is 0 Å². The fourth-order valence-corrected chi connectivity index (χ4v) is 2.79. The molecule has 2 aromatic carbocycles. The number of aryl methyl sites for hydroxylation is 1. The van der Waals surface area contributed by atoms with Gasteiger partial charge in [-0.15, -0.1) is 0 Å². The van der Waals surface area contributed by atoms with Crippen LogP contribution in [-0.2, 0) is 6.42 Å². The third kappa shape index (κ3) is 2.25. The van der Waals surface area contributed by atoms with E-state index in [0.717, 1.165) is 6.42 Å². The summed E-state index contributed by atoms with van der Waals surface area (Å²) >= 11 is 0. The van der Waals surface area contributed by atoms with E-state index in [1.54, 1.807) is 0 Å². The Morgan fingerprint density at radius 2 is 1.75 bits per heavy atom. The highest BCUT2D eigenvalue weighted by Crippen LogP contribution is 2.39. The lowest BCUT2D eigenvalue weighted by Crippen LogP contribution is -2.03. The Morgan fingerprint density at radius 3 is 2.55 bits per heavy atom. The largest absolute Gasteiger partial charge is 0.0991 e. The zero-order valence-electron chi connectivity index (χ0n) is 11.8. The van der Waals surface area contributed by atoms with Crippen molar-refractivity contribution in [3.8, 4) is 11.1 Å². The van der Waals surface area contributed by atoms with Crippen molar-refractivity contribution in [3.05, 3.63) is 90.0 Å². The zero-order chi connectivity index (χ0) is 13.9. The van der Waals surface area contributed by atoms with Gasteiger partial charge in [-0.1, -0.05) is 78.9 Å². The third-order valence-corrected chi connectivity index (χ3v) is 3.75. The monoisotopic (exact) mass is 258 g/mol. The van der Waals surface area contributed by atoms with E-state index >= 15 is 0 Å². The van der Waals surface area contributed by atoms with Gasteiger partial charge < -0.3 is 0 Å². The quantitative estimate of drug-likeness (QED) is 0.637. The highest BCUT2D eigenvalue weighted by molar-refractivity contribution is 5.89. The Labute approximate surface area is 120 Å². The average Bonchev–Trinajstić information content (AvgIpc) is 2.48. The smallest absolute Gasteiger partial charge is 0.00134 e. The van der Waals surface area contributed by atoms with E-state index in [4.69, 9.17) is 0 Å². The number of hydrogen-bond donors (Lipinski definition) is 0. The minimum atomic E-state index is 0.994. The van der Waals surface area contributed by atoms with E-state index in [2.05, 4.69) is 68.1 Å². The number of hydrogen-bond acceptors (Lipinski definition) is 0. The van der Waals surface area contributed by atoms with Crippen LogP contribution in [0.3, 0.4) is 0 Å². The van der Waals surface area contributed by atoms with Gasteiger partial charge in [0, 0.05) is 0 Å². The van der Waals surface area contributed by atoms with Crippen molar-refractivity contribution in [3.63, 3.8) is 0 Å². The van der Waals surface area contributed by atoms with E-state index in [-0.39, 0.29) is 0 Å². The molecule has 0 bridgehead atoms. The molecule has 0 radical (unpaired) electrons. The Hall–Kier alpha value is -2.34. The predicted molar refractivity (Wildman–Crippen MR) is 87.6 cm³/mol. The van der Waals surface area contributed by atoms with Crippen molar-refractivity contribution in [2.75, 3.05) is 0 Å². The summed E-state index contributed by atoms with van der Waals surface area (Å²) < 4.78 is 0. The van der Waals surface area contributed by atoms with Gasteiger partial charge in [0.1, 0.15) is 0 Å². The summed E-state index contributed by atoms with van der Waals surface area (Å²) in [5.74, 6) is 0. The predicted octanol–water partition coefficient (Wildman–Crippen LogP) is 5.34. The summed E-state index contributed by atoms with van der Waals surface area (Å²) in [5, 5.41) is 0. The van der Waals surface area contributed by atoms with Gasteiger partial charge in [-0.2, -0.15) is 0 Å². The summed E-state index contributed by atoms with van der Waals surface area (Å²) in [6.45, 7) is 5.87. The fraction of sp³-hybridized carbons (Fsp3) is 0.100. The van der Waals surface area contributed by atoms with E-state index in [1.165, 1.54) is 33.4 Å². The molecular formula is C20H18. The van der Waals surface area contributed by atoms with Gasteiger partial charge >= 0.3 is 0 Å². The summed E-state index contributed by atoms with van der Waals surface area (Å²) in [6, 6.07) is 15.4. The molecule has 0 N–H and O–H groups in total. The maximum atomic E-state index is 3.72. The lowest BCUT2D eigenvalue weighted by molar-refractivity contribution is 1.23. The second-order valence-electron chi connectivity index (χ2n) is 5.20. The molecule has 0 heteroatoms. The van der Waals surface area contributed by atoms with Crippen molar-refractivity contribution in [1.82, 2.24) is 0 Å². The van der Waals surface area contributed by atoms with Crippen LogP contribution in [0.5, 0.6) is 0 Å². The second-order valence-corrected chi connectivity index (χ2v) is 5.20. The molecule has 0 amide bonds. The van der Waals surface area contributed by atoms with Gasteiger partial charge in [0.2, 0.25) is 0 Å². The van der Waals surface area contributed by atoms with Crippen LogP contribution in [0.2, 0.25) is 0 Å². The van der Waals surface area contributed by atoms with Gasteiger partial charge in [0.25, 0.3) is 0 Å². The first-order valence-corrected chi connectivity index (χ1v) is 6.97. The van der Waals surface area contributed by atoms with E-state index in [0.29, 0.717) is 0 Å². The molecule has 0 unspecified atom stereocenters. The lowest BCUT2D eigenvalue weighted by Gasteiger charge is -2.22. The van der Waals surface area contributed by atoms with Crippen molar-refractivity contribution >= 4 is 5.57 Å². The average molecular weight is 258 g/mol. The molecule has 2 aromatic rings. The summed E-state index contributed by atoms with van der Waals surface area (Å²) in [6.07, 6.45) is 9.04. The van der Waals surface area contributed by atoms with Gasteiger partial charge in [-0.3, -0.25) is 0 Å². The van der Waals surface area contributed by atoms with Crippen LogP contribution in [0.15, 0.2) is 73.3 Å². The molecule has 0 atom stereocenters. The molecule has 0 saturated carbocycles. The van der Waals surface area contributed by atoms with Crippen LogP contribution in [0.4, 0.5) is 0 Å². The van der Waals surface area contributed by atoms with Gasteiger partial charge in [-0.25, -0.2) is 0 Å². The number of fused-ring (bicyclic) bond motifs is 3. The zero-order valence-corrected chi connectivity index (χ0v) is 11.8. The molecule has 0 fully saturated rings. The Morgan fingerprint density at radius 1 is 0.950 bits per heavy atom. The summed E-state index contributed by atoms with van der Waals surface area (Å²) in [4.78, 5) is 0. The Balaban J connectivity index is 2.18. The van der Waals surface area contributed by atoms with Crippen LogP contribution in [0.25, 0.3) is 16.7 Å². The first-order valence-electron chi connectivity index (χ1n) is 6.97. The van der Waals surface area contributed by atoms with Crippen LogP contribution < -0.4 is 0 Å². The van der Waals surface area contributed by atoms with E-state index in [9.17, 15) is 0 Å². The molecule has 0 heterocycles. The van der Waals surface area contributed by atoms with Gasteiger partial charge in [-0.05, 0) is 41.2 Å². The lowest BCUT2D eigenvalue weighted by atomic mass is 9.81. The van der Waals surface area contributed by atoms with Crippen molar-refractivity contribution < 1.29 is 0 Å². The molecule has 98 valence electrons. The maximum absolute atomic E-state index is 3.72. The van der Waals surface area contributed by atoms with Crippen molar-refractivity contribution in [2.45, 2.75) is 13.3 Å². The molecule has 0 spiro atoms. The molecule has 1 aliphatic rings. The van der Waals surface area contributed by atoms with E-state index in [1.807, 2.05) is 12.2 Å². The standard InChI is InChI=1S/C20H18/c1-3-4-5-8-16-14-17-12-11-15(2)13-20(17)19-10-7-6-9-18(16)19/h3-13H,1,14H2,2H3/b5-4-,16-8+. The first kappa shape index (κ1) is 12.7. The first-order chi connectivity index (χ1) is 9.79. The van der Waals surface area contributed by atoms with E-state index < -0.39 is 0 Å². The van der Waals surface area contributed by atoms with Crippen molar-refractivity contribution in [2.24, 2.45) is 0 Å². The molecule has 20 heavy (non-hydrogen) atoms. The van der Waals surface area contributed by atoms with Gasteiger partial charge in [0.15, 0.2) is 0 Å². The normalized spacial score (nSPS) is 15.2. The molecule has 0 aromatic heterocycles. The van der Waals surface area contributed by atoms with Gasteiger partial charge in [0.05, 0.1) is 0 Å². The molecule has 0 saturated heterocycles. The molecular weight excluding hydrogens is 240 g/mol. The minimum Gasteiger partial charge on any atom is -0.0991 e. The topological polar surface area (TPSA) is 0 Å². The molecule has 0 nitrogen and oxygen atoms in total. The summed E-state index contributed by atoms with van der Waals surface area (Å²) in [7, 11) is 0. The Bertz CT molecular complexity index is 715. The molecule has 0 aliphatic heterocycles. The second kappa shape index (κ2) is 5.34. The summed E-state index contributed by atoms with van der Waals surface area (Å²) in [5.41, 5.74) is 8.17. The third-order valence-electron chi connectivity index (χ3n) is 3.75.